The minimum atomic E-state index is -4.83. The lowest BCUT2D eigenvalue weighted by molar-refractivity contribution is -0.0566. The van der Waals surface area contributed by atoms with Crippen molar-refractivity contribution in [2.24, 2.45) is 0 Å². The Hall–Kier alpha value is 0.520. The molecule has 0 aliphatic heterocycles. The van der Waals surface area contributed by atoms with Crippen molar-refractivity contribution in [3.05, 3.63) is 0 Å². The Morgan fingerprint density at radius 1 is 0.833 bits per heavy atom. The Balaban J connectivity index is 0. The molecule has 0 fully saturated rings. The molecular weight excluding hydrogens is 344 g/mol. The molecule has 2 atom stereocenters. The molecule has 8 N–H and O–H groups in total. The number of hydrogen-bond donors (Lipinski definition) is 8. The first-order chi connectivity index (χ1) is 7.83. The van der Waals surface area contributed by atoms with Crippen molar-refractivity contribution in [2.75, 3.05) is 0 Å². The van der Waals surface area contributed by atoms with Gasteiger partial charge >= 0.3 is 15.6 Å². The minimum absolute atomic E-state index is 0.939. The number of rotatable bonds is 6. The lowest BCUT2D eigenvalue weighted by Crippen LogP contribution is -2.11. The van der Waals surface area contributed by atoms with Crippen LogP contribution in [0.4, 0.5) is 0 Å². The van der Waals surface area contributed by atoms with Crippen LogP contribution in [0.2, 0.25) is 0 Å². The molecule has 0 aromatic carbocycles. The summed E-state index contributed by atoms with van der Waals surface area (Å²) in [6, 6.07) is 0. The summed E-state index contributed by atoms with van der Waals surface area (Å²) in [4.78, 5) is 48.8. The van der Waals surface area contributed by atoms with E-state index in [9.17, 15) is 18.3 Å². The van der Waals surface area contributed by atoms with E-state index >= 15 is 0 Å². The first kappa shape index (κ1) is 20.8. The Morgan fingerprint density at radius 2 is 1.11 bits per heavy atom. The van der Waals surface area contributed by atoms with Crippen LogP contribution < -0.4 is 10.5 Å². The molecule has 0 saturated heterocycles. The highest BCUT2D eigenvalue weighted by Crippen LogP contribution is 2.38. The number of phosphoric acid groups is 2. The Bertz CT molecular complexity index is 328. The highest BCUT2D eigenvalue weighted by molar-refractivity contribution is 7.52. The molecule has 0 heterocycles. The van der Waals surface area contributed by atoms with Crippen LogP contribution in [0.5, 0.6) is 0 Å². The second kappa shape index (κ2) is 9.43. The summed E-state index contributed by atoms with van der Waals surface area (Å²) >= 11 is 0. The highest BCUT2D eigenvalue weighted by atomic mass is 31.2. The lowest BCUT2D eigenvalue weighted by atomic mass is 13.3. The normalized spacial score (nSPS) is 15.4. The van der Waals surface area contributed by atoms with Gasteiger partial charge in [-0.3, -0.25) is 9.13 Å². The summed E-state index contributed by atoms with van der Waals surface area (Å²) in [5.41, 5.74) is 0.939. The summed E-state index contributed by atoms with van der Waals surface area (Å²) in [5.74, 6) is 0. The zero-order chi connectivity index (χ0) is 15.0. The third kappa shape index (κ3) is 25.4. The van der Waals surface area contributed by atoms with Gasteiger partial charge in [-0.15, -0.1) is 0 Å². The third-order valence-corrected chi connectivity index (χ3v) is 2.86. The fourth-order valence-corrected chi connectivity index (χ4v) is 1.26. The van der Waals surface area contributed by atoms with E-state index in [-0.39, 0.29) is 0 Å². The van der Waals surface area contributed by atoms with Crippen molar-refractivity contribution in [1.29, 1.82) is 0 Å². The minimum Gasteiger partial charge on any atom is -0.335 e. The third-order valence-electron chi connectivity index (χ3n) is 0.526. The maximum Gasteiger partial charge on any atom is 0.488 e. The predicted octanol–water partition coefficient (Wildman–Crippen LogP) is -2.04. The van der Waals surface area contributed by atoms with Crippen molar-refractivity contribution in [3.63, 3.8) is 0 Å². The SMILES string of the molecule is O=P(O)(O)ONOP(=O)(O)O.O=[PH](O)N[PH](=O)O. The molecule has 14 nitrogen and oxygen atoms in total. The van der Waals surface area contributed by atoms with Crippen molar-refractivity contribution in [3.8, 4) is 0 Å². The number of nitrogens with one attached hydrogen (secondary N) is 2. The molecular formula is H10N2O12P4. The summed E-state index contributed by atoms with van der Waals surface area (Å²) in [7, 11) is -15.6. The van der Waals surface area contributed by atoms with Crippen LogP contribution in [0.3, 0.4) is 0 Å². The van der Waals surface area contributed by atoms with Crippen LogP contribution in [0.1, 0.15) is 0 Å². The van der Waals surface area contributed by atoms with E-state index in [1.54, 1.807) is 0 Å². The molecule has 0 radical (unpaired) electrons. The van der Waals surface area contributed by atoms with Crippen LogP contribution in [-0.2, 0) is 27.5 Å². The van der Waals surface area contributed by atoms with Gasteiger partial charge in [-0.1, -0.05) is 5.64 Å². The standard InChI is InChI=1S/H5NO8P2.H5NO4P2/c2-10(3,4)8-1-9-11(5,6)7;2-6(3)1-7(4)5/h1H,(H2,2,3,4)(H2,5,6,7);6-7H,(H3,1,2,3,4,5). The largest absolute Gasteiger partial charge is 0.488 e. The van der Waals surface area contributed by atoms with Crippen LogP contribution in [0.25, 0.3) is 0 Å². The fraction of sp³-hybridized carbons (Fsp3) is 0. The van der Waals surface area contributed by atoms with Gasteiger partial charge in [0.25, 0.3) is 16.4 Å². The van der Waals surface area contributed by atoms with Gasteiger partial charge in [0.05, 0.1) is 0 Å². The van der Waals surface area contributed by atoms with Crippen molar-refractivity contribution in [1.82, 2.24) is 10.5 Å². The molecule has 18 heteroatoms. The van der Waals surface area contributed by atoms with Crippen molar-refractivity contribution >= 4 is 32.0 Å². The molecule has 0 saturated carbocycles. The van der Waals surface area contributed by atoms with Gasteiger partial charge in [-0.2, -0.15) is 14.1 Å². The molecule has 0 aliphatic rings. The topological polar surface area (TPSA) is 232 Å². The molecule has 112 valence electrons. The van der Waals surface area contributed by atoms with Crippen molar-refractivity contribution < 1.29 is 56.9 Å². The molecule has 0 amide bonds. The summed E-state index contributed by atoms with van der Waals surface area (Å²) < 4.78 is 45.3. The second-order valence-electron chi connectivity index (χ2n) is 1.98. The van der Waals surface area contributed by atoms with Crippen LogP contribution in [0, 0.1) is 0 Å². The molecule has 2 unspecified atom stereocenters. The Labute approximate surface area is 100 Å². The maximum absolute atomic E-state index is 9.79. The van der Waals surface area contributed by atoms with Crippen LogP contribution in [0.15, 0.2) is 0 Å². The van der Waals surface area contributed by atoms with Crippen LogP contribution in [-0.4, -0.2) is 29.4 Å². The molecule has 0 rings (SSSR count). The van der Waals surface area contributed by atoms with Crippen LogP contribution >= 0.6 is 32.0 Å². The van der Waals surface area contributed by atoms with Gasteiger partial charge in [0.1, 0.15) is 0 Å². The predicted molar refractivity (Wildman–Crippen MR) is 55.0 cm³/mol. The molecule has 0 spiro atoms. The summed E-state index contributed by atoms with van der Waals surface area (Å²) in [5, 5.41) is 0. The van der Waals surface area contributed by atoms with E-state index in [1.165, 1.54) is 4.86 Å². The van der Waals surface area contributed by atoms with E-state index in [2.05, 4.69) is 9.25 Å². The molecule has 0 aromatic heterocycles. The van der Waals surface area contributed by atoms with E-state index in [1.807, 2.05) is 0 Å². The average Bonchev–Trinajstić information content (AvgIpc) is 1.95. The molecule has 0 aromatic rings. The monoisotopic (exact) mass is 354 g/mol. The zero-order valence-corrected chi connectivity index (χ0v) is 11.8. The van der Waals surface area contributed by atoms with Gasteiger partial charge in [0, 0.05) is 0 Å². The Kier molecular flexibility index (Phi) is 10.9. The van der Waals surface area contributed by atoms with E-state index in [4.69, 9.17) is 29.4 Å². The van der Waals surface area contributed by atoms with E-state index in [0.29, 0.717) is 0 Å². The quantitative estimate of drug-likeness (QED) is 0.190. The summed E-state index contributed by atoms with van der Waals surface area (Å²) in [6.07, 6.45) is 0. The van der Waals surface area contributed by atoms with Gasteiger partial charge < -0.3 is 29.4 Å². The van der Waals surface area contributed by atoms with Gasteiger partial charge in [-0.05, 0) is 0 Å². The Morgan fingerprint density at radius 3 is 1.22 bits per heavy atom. The molecule has 0 bridgehead atoms. The van der Waals surface area contributed by atoms with Gasteiger partial charge in [-0.25, -0.2) is 9.13 Å². The average molecular weight is 354 g/mol. The maximum atomic E-state index is 9.79. The van der Waals surface area contributed by atoms with E-state index in [0.717, 1.165) is 5.64 Å². The fourth-order valence-electron chi connectivity index (χ4n) is 0.205. The molecule has 18 heavy (non-hydrogen) atoms. The number of hydrogen-bond acceptors (Lipinski definition) is 7. The smallest absolute Gasteiger partial charge is 0.335 e. The first-order valence-corrected chi connectivity index (χ1v) is 9.07. The van der Waals surface area contributed by atoms with Crippen molar-refractivity contribution in [2.45, 2.75) is 0 Å². The van der Waals surface area contributed by atoms with E-state index < -0.39 is 32.0 Å². The zero-order valence-electron chi connectivity index (χ0n) is 8.03. The van der Waals surface area contributed by atoms with Gasteiger partial charge in [0.15, 0.2) is 0 Å². The van der Waals surface area contributed by atoms with Gasteiger partial charge in [0.2, 0.25) is 0 Å². The lowest BCUT2D eigenvalue weighted by Gasteiger charge is -2.05. The second-order valence-corrected chi connectivity index (χ2v) is 6.53. The first-order valence-electron chi connectivity index (χ1n) is 3.29. The molecule has 0 aliphatic carbocycles. The summed E-state index contributed by atoms with van der Waals surface area (Å²) in [6.45, 7) is 0. The highest BCUT2D eigenvalue weighted by Gasteiger charge is 2.19.